The van der Waals surface area contributed by atoms with Crippen LogP contribution < -0.4 is 0 Å². The smallest absolute Gasteiger partial charge is 0.105 e. The van der Waals surface area contributed by atoms with Gasteiger partial charge in [0.05, 0.1) is 6.10 Å². The molecule has 0 radical (unpaired) electrons. The Bertz CT molecular complexity index is 369. The van der Waals surface area contributed by atoms with E-state index in [4.69, 9.17) is 4.74 Å². The number of aryl methyl sites for hydroxylation is 1. The minimum absolute atomic E-state index is 0.0629. The first-order valence-electron chi connectivity index (χ1n) is 7.00. The van der Waals surface area contributed by atoms with Gasteiger partial charge in [0.15, 0.2) is 0 Å². The van der Waals surface area contributed by atoms with Gasteiger partial charge in [-0.15, -0.1) is 0 Å². The van der Waals surface area contributed by atoms with Gasteiger partial charge in [-0.2, -0.15) is 0 Å². The summed E-state index contributed by atoms with van der Waals surface area (Å²) >= 11 is 0. The van der Waals surface area contributed by atoms with E-state index in [-0.39, 0.29) is 6.10 Å². The summed E-state index contributed by atoms with van der Waals surface area (Å²) in [5.41, 5.74) is 2.16. The molecule has 1 aliphatic rings. The zero-order valence-corrected chi connectivity index (χ0v) is 11.4. The molecule has 18 heavy (non-hydrogen) atoms. The second-order valence-electron chi connectivity index (χ2n) is 5.46. The Hall–Kier alpha value is -0.860. The first-order chi connectivity index (χ1) is 8.72. The number of methoxy groups -OCH3 is 1. The molecule has 2 rings (SSSR count). The van der Waals surface area contributed by atoms with Crippen LogP contribution in [0.4, 0.5) is 0 Å². The highest BCUT2D eigenvalue weighted by Crippen LogP contribution is 2.34. The number of aliphatic hydroxyl groups excluding tert-OH is 1. The molecular weight excluding hydrogens is 224 g/mol. The predicted octanol–water partition coefficient (Wildman–Crippen LogP) is 3.62. The Morgan fingerprint density at radius 3 is 2.56 bits per heavy atom. The molecule has 1 aliphatic carbocycles. The molecule has 1 N–H and O–H groups in total. The summed E-state index contributed by atoms with van der Waals surface area (Å²) in [6.07, 6.45) is 5.66. The van der Waals surface area contributed by atoms with Gasteiger partial charge in [0.1, 0.15) is 6.10 Å². The normalized spacial score (nSPS) is 20.6. The molecule has 0 saturated heterocycles. The van der Waals surface area contributed by atoms with Crippen molar-refractivity contribution in [2.75, 3.05) is 7.11 Å². The standard InChI is InChI=1S/C16H24O2/c1-12-7-6-10-14(11-12)15(17)16(18-2)13-8-4-3-5-9-13/h6-7,10-11,13,15-17H,3-5,8-9H2,1-2H3. The summed E-state index contributed by atoms with van der Waals surface area (Å²) in [5.74, 6) is 0.499. The van der Waals surface area contributed by atoms with Gasteiger partial charge in [0, 0.05) is 7.11 Å². The van der Waals surface area contributed by atoms with E-state index in [1.807, 2.05) is 12.1 Å². The molecule has 1 aromatic rings. The molecule has 0 heterocycles. The van der Waals surface area contributed by atoms with E-state index in [0.717, 1.165) is 5.56 Å². The fourth-order valence-corrected chi connectivity index (χ4v) is 3.09. The molecule has 1 saturated carbocycles. The zero-order chi connectivity index (χ0) is 13.0. The van der Waals surface area contributed by atoms with Gasteiger partial charge in [0.2, 0.25) is 0 Å². The largest absolute Gasteiger partial charge is 0.386 e. The maximum atomic E-state index is 10.5. The first-order valence-corrected chi connectivity index (χ1v) is 7.00. The van der Waals surface area contributed by atoms with E-state index in [1.165, 1.54) is 37.7 Å². The molecule has 100 valence electrons. The van der Waals surface area contributed by atoms with Crippen LogP contribution in [0.3, 0.4) is 0 Å². The number of hydrogen-bond acceptors (Lipinski definition) is 2. The van der Waals surface area contributed by atoms with Crippen LogP contribution in [0.15, 0.2) is 24.3 Å². The minimum Gasteiger partial charge on any atom is -0.386 e. The van der Waals surface area contributed by atoms with E-state index in [2.05, 4.69) is 19.1 Å². The lowest BCUT2D eigenvalue weighted by molar-refractivity contribution is -0.0559. The Labute approximate surface area is 110 Å². The van der Waals surface area contributed by atoms with Crippen molar-refractivity contribution in [3.63, 3.8) is 0 Å². The van der Waals surface area contributed by atoms with Crippen LogP contribution >= 0.6 is 0 Å². The lowest BCUT2D eigenvalue weighted by atomic mass is 9.82. The van der Waals surface area contributed by atoms with Crippen LogP contribution in [0.5, 0.6) is 0 Å². The van der Waals surface area contributed by atoms with Crippen LogP contribution in [-0.2, 0) is 4.74 Å². The summed E-state index contributed by atoms with van der Waals surface area (Å²) in [6.45, 7) is 2.05. The third kappa shape index (κ3) is 3.12. The second-order valence-corrected chi connectivity index (χ2v) is 5.46. The van der Waals surface area contributed by atoms with E-state index >= 15 is 0 Å². The molecular formula is C16H24O2. The number of hydrogen-bond donors (Lipinski definition) is 1. The summed E-state index contributed by atoms with van der Waals surface area (Å²) in [4.78, 5) is 0. The molecule has 2 atom stereocenters. The van der Waals surface area contributed by atoms with Crippen LogP contribution in [0.1, 0.15) is 49.3 Å². The number of rotatable bonds is 4. The van der Waals surface area contributed by atoms with Gasteiger partial charge >= 0.3 is 0 Å². The highest BCUT2D eigenvalue weighted by Gasteiger charge is 2.30. The minimum atomic E-state index is -0.502. The van der Waals surface area contributed by atoms with E-state index in [9.17, 15) is 5.11 Å². The molecule has 0 spiro atoms. The molecule has 2 nitrogen and oxygen atoms in total. The Balaban J connectivity index is 2.11. The van der Waals surface area contributed by atoms with E-state index in [0.29, 0.717) is 5.92 Å². The Morgan fingerprint density at radius 1 is 1.22 bits per heavy atom. The van der Waals surface area contributed by atoms with Crippen molar-refractivity contribution in [1.82, 2.24) is 0 Å². The topological polar surface area (TPSA) is 29.5 Å². The van der Waals surface area contributed by atoms with Crippen LogP contribution in [0.25, 0.3) is 0 Å². The first kappa shape index (κ1) is 13.6. The third-order valence-corrected chi connectivity index (χ3v) is 4.08. The van der Waals surface area contributed by atoms with E-state index in [1.54, 1.807) is 7.11 Å². The summed E-state index contributed by atoms with van der Waals surface area (Å²) < 4.78 is 5.60. The summed E-state index contributed by atoms with van der Waals surface area (Å²) in [6, 6.07) is 8.10. The van der Waals surface area contributed by atoms with Crippen LogP contribution in [-0.4, -0.2) is 18.3 Å². The average molecular weight is 248 g/mol. The lowest BCUT2D eigenvalue weighted by Gasteiger charge is -2.32. The van der Waals surface area contributed by atoms with Crippen molar-refractivity contribution < 1.29 is 9.84 Å². The molecule has 0 amide bonds. The Morgan fingerprint density at radius 2 is 1.94 bits per heavy atom. The highest BCUT2D eigenvalue weighted by atomic mass is 16.5. The van der Waals surface area contributed by atoms with Crippen molar-refractivity contribution in [2.24, 2.45) is 5.92 Å². The van der Waals surface area contributed by atoms with Crippen molar-refractivity contribution in [2.45, 2.75) is 51.2 Å². The van der Waals surface area contributed by atoms with Crippen molar-refractivity contribution in [1.29, 1.82) is 0 Å². The maximum absolute atomic E-state index is 10.5. The molecule has 1 fully saturated rings. The number of benzene rings is 1. The van der Waals surface area contributed by atoms with Gasteiger partial charge in [-0.25, -0.2) is 0 Å². The van der Waals surface area contributed by atoms with Gasteiger partial charge in [-0.05, 0) is 31.2 Å². The van der Waals surface area contributed by atoms with Gasteiger partial charge < -0.3 is 9.84 Å². The van der Waals surface area contributed by atoms with Gasteiger partial charge in [0.25, 0.3) is 0 Å². The predicted molar refractivity (Wildman–Crippen MR) is 73.5 cm³/mol. The fraction of sp³-hybridized carbons (Fsp3) is 0.625. The maximum Gasteiger partial charge on any atom is 0.105 e. The SMILES string of the molecule is COC(C1CCCCC1)C(O)c1cccc(C)c1. The molecule has 1 aromatic carbocycles. The summed E-state index contributed by atoms with van der Waals surface area (Å²) in [7, 11) is 1.72. The lowest BCUT2D eigenvalue weighted by Crippen LogP contribution is -2.31. The average Bonchev–Trinajstić information content (AvgIpc) is 2.41. The van der Waals surface area contributed by atoms with Crippen molar-refractivity contribution in [3.05, 3.63) is 35.4 Å². The molecule has 2 unspecified atom stereocenters. The monoisotopic (exact) mass is 248 g/mol. The van der Waals surface area contributed by atoms with Crippen LogP contribution in [0, 0.1) is 12.8 Å². The molecule has 0 aromatic heterocycles. The molecule has 2 heteroatoms. The summed E-state index contributed by atoms with van der Waals surface area (Å²) in [5, 5.41) is 10.5. The second kappa shape index (κ2) is 6.35. The fourth-order valence-electron chi connectivity index (χ4n) is 3.09. The zero-order valence-electron chi connectivity index (χ0n) is 11.4. The number of ether oxygens (including phenoxy) is 1. The van der Waals surface area contributed by atoms with E-state index < -0.39 is 6.10 Å². The van der Waals surface area contributed by atoms with Gasteiger partial charge in [-0.1, -0.05) is 49.1 Å². The van der Waals surface area contributed by atoms with Crippen LogP contribution in [0.2, 0.25) is 0 Å². The van der Waals surface area contributed by atoms with Crippen molar-refractivity contribution >= 4 is 0 Å². The number of aliphatic hydroxyl groups is 1. The highest BCUT2D eigenvalue weighted by molar-refractivity contribution is 5.25. The quantitative estimate of drug-likeness (QED) is 0.881. The Kier molecular flexibility index (Phi) is 4.79. The molecule has 0 bridgehead atoms. The van der Waals surface area contributed by atoms with Crippen molar-refractivity contribution in [3.8, 4) is 0 Å². The third-order valence-electron chi connectivity index (χ3n) is 4.08. The van der Waals surface area contributed by atoms with Gasteiger partial charge in [-0.3, -0.25) is 0 Å². The molecule has 0 aliphatic heterocycles.